The van der Waals surface area contributed by atoms with Gasteiger partial charge < -0.3 is 9.73 Å². The summed E-state index contributed by atoms with van der Waals surface area (Å²) in [5.74, 6) is 0.534. The van der Waals surface area contributed by atoms with Crippen LogP contribution in [0.4, 0.5) is 5.69 Å². The van der Waals surface area contributed by atoms with Crippen molar-refractivity contribution in [3.63, 3.8) is 0 Å². The fourth-order valence-electron chi connectivity index (χ4n) is 1.88. The zero-order chi connectivity index (χ0) is 13.9. The van der Waals surface area contributed by atoms with Crippen LogP contribution >= 0.6 is 27.3 Å². The predicted molar refractivity (Wildman–Crippen MR) is 83.8 cm³/mol. The molecule has 2 heterocycles. The first-order valence-corrected chi connectivity index (χ1v) is 7.73. The fourth-order valence-corrected chi connectivity index (χ4v) is 3.09. The third kappa shape index (κ3) is 2.91. The van der Waals surface area contributed by atoms with Crippen LogP contribution in [0.1, 0.15) is 11.1 Å². The molecule has 3 aromatic rings. The summed E-state index contributed by atoms with van der Waals surface area (Å²) in [6.45, 7) is 2.86. The van der Waals surface area contributed by atoms with Crippen LogP contribution in [-0.4, -0.2) is 10.2 Å². The summed E-state index contributed by atoms with van der Waals surface area (Å²) in [5, 5.41) is 13.2. The smallest absolute Gasteiger partial charge is 0.247 e. The average molecular weight is 350 g/mol. The highest BCUT2D eigenvalue weighted by Gasteiger charge is 2.07. The summed E-state index contributed by atoms with van der Waals surface area (Å²) in [6.07, 6.45) is 1.34. The second kappa shape index (κ2) is 5.76. The number of nitrogens with zero attached hydrogens (tertiary/aromatic N) is 2. The molecule has 2 aromatic heterocycles. The number of hydrogen-bond donors (Lipinski definition) is 1. The predicted octanol–water partition coefficient (Wildman–Crippen LogP) is 4.48. The number of hydrogen-bond acceptors (Lipinski definition) is 5. The standard InChI is InChI=1S/C14H12BrN3OS/c1-9-2-3-11(14-18-17-8-19-14)5-12(9)16-6-10-4-13(15)20-7-10/h2-5,7-8,16H,6H2,1H3. The molecule has 0 spiro atoms. The minimum Gasteiger partial charge on any atom is -0.423 e. The molecule has 1 N–H and O–H groups in total. The molecule has 1 aromatic carbocycles. The molecule has 0 aliphatic heterocycles. The van der Waals surface area contributed by atoms with Gasteiger partial charge in [0.25, 0.3) is 0 Å². The first kappa shape index (κ1) is 13.3. The largest absolute Gasteiger partial charge is 0.423 e. The Bertz CT molecular complexity index is 709. The van der Waals surface area contributed by atoms with Gasteiger partial charge in [-0.3, -0.25) is 0 Å². The minimum absolute atomic E-state index is 0.534. The SMILES string of the molecule is Cc1ccc(-c2nnco2)cc1NCc1csc(Br)c1. The van der Waals surface area contributed by atoms with E-state index in [9.17, 15) is 0 Å². The number of aromatic nitrogens is 2. The Morgan fingerprint density at radius 3 is 2.95 bits per heavy atom. The van der Waals surface area contributed by atoms with Crippen LogP contribution in [-0.2, 0) is 6.54 Å². The molecular formula is C14H12BrN3OS. The van der Waals surface area contributed by atoms with E-state index in [0.29, 0.717) is 5.89 Å². The van der Waals surface area contributed by atoms with E-state index in [2.05, 4.69) is 49.8 Å². The molecule has 0 atom stereocenters. The van der Waals surface area contributed by atoms with Crippen LogP contribution in [0.2, 0.25) is 0 Å². The van der Waals surface area contributed by atoms with Crippen molar-refractivity contribution in [1.29, 1.82) is 0 Å². The molecule has 0 saturated carbocycles. The first-order valence-electron chi connectivity index (χ1n) is 6.06. The summed E-state index contributed by atoms with van der Waals surface area (Å²) < 4.78 is 6.37. The molecule has 102 valence electrons. The number of nitrogens with one attached hydrogen (secondary N) is 1. The number of anilines is 1. The van der Waals surface area contributed by atoms with E-state index in [1.165, 1.54) is 17.5 Å². The quantitative estimate of drug-likeness (QED) is 0.754. The molecule has 0 aliphatic rings. The van der Waals surface area contributed by atoms with Crippen LogP contribution in [0.5, 0.6) is 0 Å². The highest BCUT2D eigenvalue weighted by molar-refractivity contribution is 9.11. The van der Waals surface area contributed by atoms with E-state index < -0.39 is 0 Å². The van der Waals surface area contributed by atoms with Crippen LogP contribution < -0.4 is 5.32 Å². The maximum atomic E-state index is 5.23. The van der Waals surface area contributed by atoms with Crippen molar-refractivity contribution in [3.8, 4) is 11.5 Å². The Morgan fingerprint density at radius 1 is 1.35 bits per heavy atom. The zero-order valence-corrected chi connectivity index (χ0v) is 13.2. The molecule has 0 saturated heterocycles. The van der Waals surface area contributed by atoms with Gasteiger partial charge in [-0.05, 0) is 57.6 Å². The van der Waals surface area contributed by atoms with E-state index in [4.69, 9.17) is 4.42 Å². The van der Waals surface area contributed by atoms with Gasteiger partial charge in [-0.1, -0.05) is 6.07 Å². The van der Waals surface area contributed by atoms with E-state index in [0.717, 1.165) is 21.6 Å². The van der Waals surface area contributed by atoms with Crippen molar-refractivity contribution < 1.29 is 4.42 Å². The molecule has 0 unspecified atom stereocenters. The summed E-state index contributed by atoms with van der Waals surface area (Å²) in [4.78, 5) is 0. The normalized spacial score (nSPS) is 10.7. The monoisotopic (exact) mass is 349 g/mol. The Kier molecular flexibility index (Phi) is 3.84. The topological polar surface area (TPSA) is 51.0 Å². The molecule has 4 nitrogen and oxygen atoms in total. The second-order valence-corrected chi connectivity index (χ2v) is 6.68. The van der Waals surface area contributed by atoms with Crippen LogP contribution in [0, 0.1) is 6.92 Å². The molecule has 0 fully saturated rings. The Labute approximate surface area is 129 Å². The molecular weight excluding hydrogens is 338 g/mol. The second-order valence-electron chi connectivity index (χ2n) is 4.39. The fraction of sp³-hybridized carbons (Fsp3) is 0.143. The minimum atomic E-state index is 0.534. The lowest BCUT2D eigenvalue weighted by atomic mass is 10.1. The average Bonchev–Trinajstić information content (AvgIpc) is 3.09. The highest BCUT2D eigenvalue weighted by Crippen LogP contribution is 2.25. The number of halogens is 1. The van der Waals surface area contributed by atoms with Gasteiger partial charge in [0, 0.05) is 17.8 Å². The van der Waals surface area contributed by atoms with E-state index in [1.807, 2.05) is 18.2 Å². The van der Waals surface area contributed by atoms with E-state index >= 15 is 0 Å². The molecule has 6 heteroatoms. The summed E-state index contributed by atoms with van der Waals surface area (Å²) in [6, 6.07) is 8.18. The van der Waals surface area contributed by atoms with Gasteiger partial charge >= 0.3 is 0 Å². The first-order chi connectivity index (χ1) is 9.72. The van der Waals surface area contributed by atoms with Gasteiger partial charge in [-0.25, -0.2) is 0 Å². The van der Waals surface area contributed by atoms with E-state index in [1.54, 1.807) is 11.3 Å². The number of aryl methyl sites for hydroxylation is 1. The summed E-state index contributed by atoms with van der Waals surface area (Å²) in [5.41, 5.74) is 4.43. The third-order valence-electron chi connectivity index (χ3n) is 2.95. The lowest BCUT2D eigenvalue weighted by Gasteiger charge is -2.09. The molecule has 0 radical (unpaired) electrons. The van der Waals surface area contributed by atoms with E-state index in [-0.39, 0.29) is 0 Å². The maximum absolute atomic E-state index is 5.23. The number of thiophene rings is 1. The maximum Gasteiger partial charge on any atom is 0.247 e. The summed E-state index contributed by atoms with van der Waals surface area (Å²) >= 11 is 5.16. The zero-order valence-electron chi connectivity index (χ0n) is 10.8. The van der Waals surface area contributed by atoms with Gasteiger partial charge in [0.15, 0.2) is 0 Å². The molecule has 20 heavy (non-hydrogen) atoms. The van der Waals surface area contributed by atoms with Crippen LogP contribution in [0.15, 0.2) is 44.2 Å². The van der Waals surface area contributed by atoms with Gasteiger partial charge in [-0.15, -0.1) is 21.5 Å². The van der Waals surface area contributed by atoms with Crippen molar-refractivity contribution >= 4 is 33.0 Å². The highest BCUT2D eigenvalue weighted by atomic mass is 79.9. The number of rotatable bonds is 4. The van der Waals surface area contributed by atoms with Crippen molar-refractivity contribution in [3.05, 3.63) is 51.0 Å². The van der Waals surface area contributed by atoms with Gasteiger partial charge in [0.05, 0.1) is 3.79 Å². The molecule has 3 rings (SSSR count). The van der Waals surface area contributed by atoms with Crippen molar-refractivity contribution in [2.24, 2.45) is 0 Å². The van der Waals surface area contributed by atoms with Gasteiger partial charge in [0.2, 0.25) is 12.3 Å². The summed E-state index contributed by atoms with van der Waals surface area (Å²) in [7, 11) is 0. The van der Waals surface area contributed by atoms with Gasteiger partial charge in [0.1, 0.15) is 0 Å². The van der Waals surface area contributed by atoms with Crippen molar-refractivity contribution in [2.45, 2.75) is 13.5 Å². The van der Waals surface area contributed by atoms with Crippen molar-refractivity contribution in [1.82, 2.24) is 10.2 Å². The number of benzene rings is 1. The Balaban J connectivity index is 1.80. The van der Waals surface area contributed by atoms with Crippen molar-refractivity contribution in [2.75, 3.05) is 5.32 Å². The molecule has 0 amide bonds. The third-order valence-corrected chi connectivity index (χ3v) is 4.50. The molecule has 0 aliphatic carbocycles. The van der Waals surface area contributed by atoms with Crippen LogP contribution in [0.3, 0.4) is 0 Å². The molecule has 0 bridgehead atoms. The Hall–Kier alpha value is -1.66. The Morgan fingerprint density at radius 2 is 2.25 bits per heavy atom. The lowest BCUT2D eigenvalue weighted by Crippen LogP contribution is -2.00. The van der Waals surface area contributed by atoms with Crippen LogP contribution in [0.25, 0.3) is 11.5 Å². The van der Waals surface area contributed by atoms with Gasteiger partial charge in [-0.2, -0.15) is 0 Å². The lowest BCUT2D eigenvalue weighted by molar-refractivity contribution is 0.568.